The second-order valence-electron chi connectivity index (χ2n) is 6.39. The molecular formula is C24H22O2. The molecule has 0 aliphatic carbocycles. The zero-order valence-electron chi connectivity index (χ0n) is 15.2. The summed E-state index contributed by atoms with van der Waals surface area (Å²) in [5.41, 5.74) is 3.73. The van der Waals surface area contributed by atoms with E-state index in [2.05, 4.69) is 79.7 Å². The molecule has 0 amide bonds. The van der Waals surface area contributed by atoms with Gasteiger partial charge in [0, 0.05) is 12.7 Å². The number of benzene rings is 4. The Hall–Kier alpha value is -2.84. The molecule has 0 atom stereocenters. The Morgan fingerprint density at radius 2 is 1.31 bits per heavy atom. The minimum absolute atomic E-state index is 0.234. The van der Waals surface area contributed by atoms with E-state index in [0.717, 1.165) is 17.7 Å². The van der Waals surface area contributed by atoms with E-state index in [-0.39, 0.29) is 6.79 Å². The maximum absolute atomic E-state index is 5.98. The van der Waals surface area contributed by atoms with Crippen LogP contribution in [-0.4, -0.2) is 13.9 Å². The summed E-state index contributed by atoms with van der Waals surface area (Å²) in [4.78, 5) is 0. The average molecular weight is 342 g/mol. The lowest BCUT2D eigenvalue weighted by molar-refractivity contribution is 0.0516. The van der Waals surface area contributed by atoms with Crippen LogP contribution in [0.1, 0.15) is 12.5 Å². The van der Waals surface area contributed by atoms with Gasteiger partial charge in [-0.05, 0) is 45.2 Å². The molecule has 0 aliphatic heterocycles. The second-order valence-corrected chi connectivity index (χ2v) is 6.39. The molecule has 0 unspecified atom stereocenters. The lowest BCUT2D eigenvalue weighted by atomic mass is 9.88. The Bertz CT molecular complexity index is 1070. The Morgan fingerprint density at radius 3 is 1.96 bits per heavy atom. The smallest absolute Gasteiger partial charge is 0.188 e. The van der Waals surface area contributed by atoms with E-state index in [9.17, 15) is 0 Å². The predicted octanol–water partition coefficient (Wildman–Crippen LogP) is 6.21. The van der Waals surface area contributed by atoms with Gasteiger partial charge in [0.25, 0.3) is 0 Å². The average Bonchev–Trinajstić information content (AvgIpc) is 2.71. The molecule has 0 fully saturated rings. The molecule has 0 saturated heterocycles. The van der Waals surface area contributed by atoms with Crippen molar-refractivity contribution in [2.75, 3.05) is 13.9 Å². The van der Waals surface area contributed by atoms with Crippen LogP contribution in [-0.2, 0) is 11.2 Å². The number of hydrogen-bond acceptors (Lipinski definition) is 2. The van der Waals surface area contributed by atoms with Gasteiger partial charge in [-0.2, -0.15) is 0 Å². The Balaban J connectivity index is 2.12. The summed E-state index contributed by atoms with van der Waals surface area (Å²) in [7, 11) is 1.65. The van der Waals surface area contributed by atoms with Gasteiger partial charge in [0.2, 0.25) is 0 Å². The third kappa shape index (κ3) is 2.83. The van der Waals surface area contributed by atoms with Gasteiger partial charge in [0.05, 0.1) is 0 Å². The highest BCUT2D eigenvalue weighted by atomic mass is 16.7. The van der Waals surface area contributed by atoms with E-state index in [4.69, 9.17) is 9.47 Å². The normalized spacial score (nSPS) is 11.2. The molecule has 4 aromatic carbocycles. The third-order valence-electron chi connectivity index (χ3n) is 4.87. The second kappa shape index (κ2) is 7.19. The van der Waals surface area contributed by atoms with Gasteiger partial charge in [-0.25, -0.2) is 0 Å². The van der Waals surface area contributed by atoms with Crippen LogP contribution in [0.15, 0.2) is 72.8 Å². The maximum atomic E-state index is 5.98. The molecule has 0 heterocycles. The maximum Gasteiger partial charge on any atom is 0.188 e. The molecule has 0 aliphatic rings. The molecule has 26 heavy (non-hydrogen) atoms. The largest absolute Gasteiger partial charge is 0.467 e. The molecule has 0 aromatic heterocycles. The van der Waals surface area contributed by atoms with Crippen LogP contribution in [0.25, 0.3) is 32.7 Å². The molecule has 0 N–H and O–H groups in total. The van der Waals surface area contributed by atoms with Crippen molar-refractivity contribution in [2.45, 2.75) is 13.3 Å². The predicted molar refractivity (Wildman–Crippen MR) is 109 cm³/mol. The molecule has 0 bridgehead atoms. The van der Waals surface area contributed by atoms with Crippen LogP contribution < -0.4 is 4.74 Å². The highest BCUT2D eigenvalue weighted by molar-refractivity contribution is 6.08. The van der Waals surface area contributed by atoms with Gasteiger partial charge < -0.3 is 9.47 Å². The van der Waals surface area contributed by atoms with Crippen LogP contribution in [0.5, 0.6) is 5.75 Å². The van der Waals surface area contributed by atoms with E-state index in [1.54, 1.807) is 7.11 Å². The molecule has 0 saturated carbocycles. The van der Waals surface area contributed by atoms with Gasteiger partial charge >= 0.3 is 0 Å². The fraction of sp³-hybridized carbons (Fsp3) is 0.167. The topological polar surface area (TPSA) is 18.5 Å². The highest BCUT2D eigenvalue weighted by Crippen LogP contribution is 2.42. The van der Waals surface area contributed by atoms with E-state index >= 15 is 0 Å². The van der Waals surface area contributed by atoms with Crippen molar-refractivity contribution in [3.05, 3.63) is 78.4 Å². The zero-order chi connectivity index (χ0) is 17.9. The molecule has 0 radical (unpaired) electrons. The van der Waals surface area contributed by atoms with Crippen molar-refractivity contribution in [2.24, 2.45) is 0 Å². The van der Waals surface area contributed by atoms with Crippen molar-refractivity contribution in [1.82, 2.24) is 0 Å². The Morgan fingerprint density at radius 1 is 0.692 bits per heavy atom. The molecule has 2 nitrogen and oxygen atoms in total. The first-order chi connectivity index (χ1) is 12.8. The number of ether oxygens (including phenoxy) is 2. The van der Waals surface area contributed by atoms with E-state index in [1.807, 2.05) is 0 Å². The number of aryl methyl sites for hydroxylation is 1. The highest BCUT2D eigenvalue weighted by Gasteiger charge is 2.17. The van der Waals surface area contributed by atoms with Crippen LogP contribution in [0.3, 0.4) is 0 Å². The van der Waals surface area contributed by atoms with Gasteiger partial charge in [0.1, 0.15) is 5.75 Å². The van der Waals surface area contributed by atoms with E-state index < -0.39 is 0 Å². The standard InChI is InChI=1S/C24H22O2/c1-3-17-12-13-18-8-4-6-10-20(18)23(17)24-21-11-7-5-9-19(21)14-15-22(24)26-16-25-2/h4-15H,3,16H2,1-2H3. The first-order valence-corrected chi connectivity index (χ1v) is 8.98. The minimum atomic E-state index is 0.234. The Labute approximate surface area is 154 Å². The van der Waals surface area contributed by atoms with E-state index in [0.29, 0.717) is 0 Å². The Kier molecular flexibility index (Phi) is 4.59. The van der Waals surface area contributed by atoms with Gasteiger partial charge in [0.15, 0.2) is 6.79 Å². The van der Waals surface area contributed by atoms with E-state index in [1.165, 1.54) is 32.7 Å². The van der Waals surface area contributed by atoms with Gasteiger partial charge in [-0.3, -0.25) is 0 Å². The fourth-order valence-corrected chi connectivity index (χ4v) is 3.66. The monoisotopic (exact) mass is 342 g/mol. The summed E-state index contributed by atoms with van der Waals surface area (Å²) in [5, 5.41) is 4.91. The summed E-state index contributed by atoms with van der Waals surface area (Å²) in [6.45, 7) is 2.44. The molecule has 4 rings (SSSR count). The van der Waals surface area contributed by atoms with Crippen molar-refractivity contribution < 1.29 is 9.47 Å². The van der Waals surface area contributed by atoms with Crippen molar-refractivity contribution in [3.63, 3.8) is 0 Å². The summed E-state index contributed by atoms with van der Waals surface area (Å²) in [5.74, 6) is 0.858. The minimum Gasteiger partial charge on any atom is -0.467 e. The summed E-state index contributed by atoms with van der Waals surface area (Å²) >= 11 is 0. The molecule has 0 spiro atoms. The number of hydrogen-bond donors (Lipinski definition) is 0. The van der Waals surface area contributed by atoms with Crippen LogP contribution in [0.4, 0.5) is 0 Å². The van der Waals surface area contributed by atoms with Gasteiger partial charge in [-0.15, -0.1) is 0 Å². The van der Waals surface area contributed by atoms with Crippen LogP contribution in [0, 0.1) is 0 Å². The third-order valence-corrected chi connectivity index (χ3v) is 4.87. The van der Waals surface area contributed by atoms with Gasteiger partial charge in [-0.1, -0.05) is 73.7 Å². The van der Waals surface area contributed by atoms with Crippen LogP contribution >= 0.6 is 0 Å². The molecule has 130 valence electrons. The SMILES string of the molecule is CCc1ccc2ccccc2c1-c1c(OCOC)ccc2ccccc12. The number of methoxy groups -OCH3 is 1. The summed E-state index contributed by atoms with van der Waals surface area (Å²) in [6.07, 6.45) is 0.965. The quantitative estimate of drug-likeness (QED) is 0.402. The zero-order valence-corrected chi connectivity index (χ0v) is 15.2. The van der Waals surface area contributed by atoms with Crippen molar-refractivity contribution >= 4 is 21.5 Å². The lowest BCUT2D eigenvalue weighted by Gasteiger charge is -2.18. The number of fused-ring (bicyclic) bond motifs is 2. The van der Waals surface area contributed by atoms with Crippen LogP contribution in [0.2, 0.25) is 0 Å². The first kappa shape index (κ1) is 16.6. The van der Waals surface area contributed by atoms with Crippen molar-refractivity contribution in [1.29, 1.82) is 0 Å². The molecular weight excluding hydrogens is 320 g/mol. The molecule has 4 aromatic rings. The lowest BCUT2D eigenvalue weighted by Crippen LogP contribution is -2.02. The summed E-state index contributed by atoms with van der Waals surface area (Å²) < 4.78 is 11.1. The van der Waals surface area contributed by atoms with Crippen molar-refractivity contribution in [3.8, 4) is 16.9 Å². The molecule has 2 heteroatoms. The summed E-state index contributed by atoms with van der Waals surface area (Å²) in [6, 6.07) is 25.6. The first-order valence-electron chi connectivity index (χ1n) is 8.98. The fourth-order valence-electron chi connectivity index (χ4n) is 3.66. The number of rotatable bonds is 5.